The molecule has 2 N–H and O–H groups in total. The minimum absolute atomic E-state index is 0. The quantitative estimate of drug-likeness (QED) is 0.507. The molecule has 0 aliphatic carbocycles. The Morgan fingerprint density at radius 2 is 2.14 bits per heavy atom. The zero-order chi connectivity index (χ0) is 9.84. The molecule has 0 saturated carbocycles. The van der Waals surface area contributed by atoms with Crippen LogP contribution in [0.15, 0.2) is 24.3 Å². The third kappa shape index (κ3) is 4.11. The van der Waals surface area contributed by atoms with Gasteiger partial charge in [0, 0.05) is 6.42 Å². The van der Waals surface area contributed by atoms with E-state index < -0.39 is 12.1 Å². The molecule has 0 bridgehead atoms. The predicted octanol–water partition coefficient (Wildman–Crippen LogP) is -3.25. The van der Waals surface area contributed by atoms with Crippen LogP contribution in [0.4, 0.5) is 0 Å². The van der Waals surface area contributed by atoms with Gasteiger partial charge in [-0.2, -0.15) is 0 Å². The number of carboxylic acids is 1. The molecule has 5 heteroatoms. The van der Waals surface area contributed by atoms with Gasteiger partial charge in [0.1, 0.15) is 0 Å². The van der Waals surface area contributed by atoms with E-state index in [1.807, 2.05) is 0 Å². The number of carboxylic acid groups (broad SMARTS) is 1. The van der Waals surface area contributed by atoms with Crippen molar-refractivity contribution in [3.63, 3.8) is 0 Å². The van der Waals surface area contributed by atoms with Crippen LogP contribution in [-0.2, 0) is 11.2 Å². The van der Waals surface area contributed by atoms with E-state index in [9.17, 15) is 9.90 Å². The van der Waals surface area contributed by atoms with Crippen LogP contribution in [0, 0.1) is 0 Å². The molecule has 1 aromatic carbocycles. The minimum atomic E-state index is -1.44. The standard InChI is InChI=1S/C9H10O4.Na/c10-7-3-1-2-6(4-7)5-8(11)9(12)13;/h1-4,8,10-11H,5H2,(H,12,13);/q;+1/p-1/t8-;/m0./s1. The van der Waals surface area contributed by atoms with E-state index in [0.29, 0.717) is 5.56 Å². The van der Waals surface area contributed by atoms with Gasteiger partial charge < -0.3 is 15.3 Å². The van der Waals surface area contributed by atoms with E-state index in [-0.39, 0.29) is 41.7 Å². The molecule has 1 atom stereocenters. The van der Waals surface area contributed by atoms with Crippen LogP contribution in [0.2, 0.25) is 0 Å². The van der Waals surface area contributed by atoms with Crippen LogP contribution in [0.1, 0.15) is 5.56 Å². The van der Waals surface area contributed by atoms with Gasteiger partial charge in [-0.25, -0.2) is 4.79 Å². The molecule has 0 aliphatic heterocycles. The van der Waals surface area contributed by atoms with Crippen LogP contribution in [0.25, 0.3) is 0 Å². The Bertz CT molecular complexity index is 313. The summed E-state index contributed by atoms with van der Waals surface area (Å²) in [5.74, 6) is -1.47. The molecular weight excluding hydrogens is 195 g/mol. The SMILES string of the molecule is O=C(O)[C@@H](O)Cc1cccc([O-])c1.[Na+]. The van der Waals surface area contributed by atoms with Gasteiger partial charge in [0.2, 0.25) is 0 Å². The van der Waals surface area contributed by atoms with Crippen molar-refractivity contribution >= 4 is 5.97 Å². The summed E-state index contributed by atoms with van der Waals surface area (Å²) in [6, 6.07) is 5.82. The van der Waals surface area contributed by atoms with Gasteiger partial charge in [-0.05, 0) is 5.56 Å². The Kier molecular flexibility index (Phi) is 5.79. The zero-order valence-electron chi connectivity index (χ0n) is 7.80. The van der Waals surface area contributed by atoms with Crippen molar-refractivity contribution in [1.82, 2.24) is 0 Å². The Balaban J connectivity index is 0.00000169. The molecule has 0 spiro atoms. The summed E-state index contributed by atoms with van der Waals surface area (Å²) >= 11 is 0. The van der Waals surface area contributed by atoms with E-state index in [2.05, 4.69) is 0 Å². The number of aliphatic hydroxyl groups excluding tert-OH is 1. The number of benzene rings is 1. The summed E-state index contributed by atoms with van der Waals surface area (Å²) < 4.78 is 0. The second kappa shape index (κ2) is 6.03. The van der Waals surface area contributed by atoms with Crippen molar-refractivity contribution in [2.45, 2.75) is 12.5 Å². The molecule has 1 rings (SSSR count). The maximum absolute atomic E-state index is 10.8. The topological polar surface area (TPSA) is 80.6 Å². The monoisotopic (exact) mass is 204 g/mol. The number of aliphatic hydroxyl groups is 1. The largest absolute Gasteiger partial charge is 1.00 e. The Morgan fingerprint density at radius 3 is 2.64 bits per heavy atom. The number of hydrogen-bond donors (Lipinski definition) is 2. The second-order valence-corrected chi connectivity index (χ2v) is 2.71. The fraction of sp³-hybridized carbons (Fsp3) is 0.222. The first-order chi connectivity index (χ1) is 6.09. The minimum Gasteiger partial charge on any atom is -0.872 e. The van der Waals surface area contributed by atoms with Crippen molar-refractivity contribution in [2.24, 2.45) is 0 Å². The average molecular weight is 204 g/mol. The fourth-order valence-corrected chi connectivity index (χ4v) is 0.983. The molecule has 70 valence electrons. The molecular formula is C9H9NaO4. The molecule has 0 saturated heterocycles. The Labute approximate surface area is 103 Å². The number of carbonyl (C=O) groups is 1. The molecule has 0 unspecified atom stereocenters. The van der Waals surface area contributed by atoms with Crippen molar-refractivity contribution in [2.75, 3.05) is 0 Å². The number of hydrogen-bond acceptors (Lipinski definition) is 3. The molecule has 0 radical (unpaired) electrons. The van der Waals surface area contributed by atoms with Gasteiger partial charge in [-0.15, -0.1) is 5.75 Å². The predicted molar refractivity (Wildman–Crippen MR) is 43.2 cm³/mol. The Morgan fingerprint density at radius 1 is 1.50 bits per heavy atom. The summed E-state index contributed by atoms with van der Waals surface area (Å²) in [6.07, 6.45) is -1.48. The molecule has 0 fully saturated rings. The smallest absolute Gasteiger partial charge is 0.872 e. The Hall–Kier alpha value is -0.550. The summed E-state index contributed by atoms with van der Waals surface area (Å²) in [5, 5.41) is 28.2. The van der Waals surface area contributed by atoms with Crippen molar-refractivity contribution in [3.05, 3.63) is 29.8 Å². The van der Waals surface area contributed by atoms with Gasteiger partial charge in [0.05, 0.1) is 0 Å². The van der Waals surface area contributed by atoms with Crippen LogP contribution in [0.5, 0.6) is 5.75 Å². The zero-order valence-corrected chi connectivity index (χ0v) is 9.80. The molecule has 4 nitrogen and oxygen atoms in total. The van der Waals surface area contributed by atoms with Crippen LogP contribution in [0.3, 0.4) is 0 Å². The van der Waals surface area contributed by atoms with Gasteiger partial charge in [-0.3, -0.25) is 0 Å². The van der Waals surface area contributed by atoms with Crippen molar-refractivity contribution in [1.29, 1.82) is 0 Å². The van der Waals surface area contributed by atoms with Gasteiger partial charge in [0.25, 0.3) is 0 Å². The molecule has 0 amide bonds. The summed E-state index contributed by atoms with van der Waals surface area (Å²) in [5.41, 5.74) is 0.530. The molecule has 1 aromatic rings. The van der Waals surface area contributed by atoms with Crippen molar-refractivity contribution in [3.8, 4) is 5.75 Å². The third-order valence-corrected chi connectivity index (χ3v) is 1.61. The normalized spacial score (nSPS) is 11.5. The second-order valence-electron chi connectivity index (χ2n) is 2.71. The maximum Gasteiger partial charge on any atom is 1.00 e. The van der Waals surface area contributed by atoms with E-state index in [0.717, 1.165) is 0 Å². The third-order valence-electron chi connectivity index (χ3n) is 1.61. The summed E-state index contributed by atoms with van der Waals surface area (Å²) in [7, 11) is 0. The number of aliphatic carboxylic acids is 1. The maximum atomic E-state index is 10.8. The van der Waals surface area contributed by atoms with Crippen molar-refractivity contribution < 1.29 is 49.7 Å². The van der Waals surface area contributed by atoms with E-state index >= 15 is 0 Å². The van der Waals surface area contributed by atoms with Gasteiger partial charge in [0.15, 0.2) is 6.10 Å². The summed E-state index contributed by atoms with van der Waals surface area (Å²) in [6.45, 7) is 0. The first-order valence-electron chi connectivity index (χ1n) is 3.76. The molecule has 0 aliphatic rings. The van der Waals surface area contributed by atoms with E-state index in [1.165, 1.54) is 18.2 Å². The van der Waals surface area contributed by atoms with E-state index in [4.69, 9.17) is 10.2 Å². The van der Waals surface area contributed by atoms with Crippen LogP contribution in [-0.4, -0.2) is 22.3 Å². The molecule has 14 heavy (non-hydrogen) atoms. The van der Waals surface area contributed by atoms with Crippen LogP contribution >= 0.6 is 0 Å². The molecule has 0 heterocycles. The number of rotatable bonds is 3. The average Bonchev–Trinajstić information content (AvgIpc) is 2.04. The van der Waals surface area contributed by atoms with Gasteiger partial charge >= 0.3 is 35.5 Å². The van der Waals surface area contributed by atoms with Gasteiger partial charge in [-0.1, -0.05) is 24.3 Å². The first kappa shape index (κ1) is 13.4. The molecule has 0 aromatic heterocycles. The first-order valence-corrected chi connectivity index (χ1v) is 3.76. The van der Waals surface area contributed by atoms with Crippen LogP contribution < -0.4 is 34.7 Å². The summed E-state index contributed by atoms with van der Waals surface area (Å²) in [4.78, 5) is 10.3. The van der Waals surface area contributed by atoms with E-state index in [1.54, 1.807) is 6.07 Å². The fourth-order valence-electron chi connectivity index (χ4n) is 0.983.